The SMILES string of the molecule is C[C@@H]1CN(C(=O)COC(=O)c2cc3ccccc3cc2O)C[C@H](C)O1. The molecule has 25 heavy (non-hydrogen) atoms. The molecule has 0 spiro atoms. The van der Waals surface area contributed by atoms with Crippen LogP contribution in [0.25, 0.3) is 10.8 Å². The Hall–Kier alpha value is -2.60. The summed E-state index contributed by atoms with van der Waals surface area (Å²) >= 11 is 0. The van der Waals surface area contributed by atoms with Crippen molar-refractivity contribution in [2.45, 2.75) is 26.1 Å². The zero-order valence-corrected chi connectivity index (χ0v) is 14.3. The predicted molar refractivity (Wildman–Crippen MR) is 92.5 cm³/mol. The maximum Gasteiger partial charge on any atom is 0.342 e. The quantitative estimate of drug-likeness (QED) is 0.866. The van der Waals surface area contributed by atoms with E-state index >= 15 is 0 Å². The van der Waals surface area contributed by atoms with Crippen molar-refractivity contribution in [1.82, 2.24) is 4.90 Å². The number of carbonyl (C=O) groups is 2. The van der Waals surface area contributed by atoms with Gasteiger partial charge in [-0.15, -0.1) is 0 Å². The normalized spacial score (nSPS) is 20.5. The molecule has 0 aliphatic carbocycles. The molecule has 0 bridgehead atoms. The molecule has 6 nitrogen and oxygen atoms in total. The lowest BCUT2D eigenvalue weighted by Crippen LogP contribution is -2.49. The van der Waals surface area contributed by atoms with Gasteiger partial charge in [0, 0.05) is 13.1 Å². The third-order valence-electron chi connectivity index (χ3n) is 4.18. The maximum atomic E-state index is 12.3. The zero-order chi connectivity index (χ0) is 18.0. The van der Waals surface area contributed by atoms with E-state index in [1.165, 1.54) is 6.07 Å². The standard InChI is InChI=1S/C19H21NO5/c1-12-9-20(10-13(2)25-12)18(22)11-24-19(23)16-7-14-5-3-4-6-15(14)8-17(16)21/h3-8,12-13,21H,9-11H2,1-2H3/t12-,13+. The second-order valence-electron chi connectivity index (χ2n) is 6.35. The van der Waals surface area contributed by atoms with Crippen molar-refractivity contribution in [2.75, 3.05) is 19.7 Å². The van der Waals surface area contributed by atoms with Crippen LogP contribution in [0, 0.1) is 0 Å². The number of esters is 1. The number of aromatic hydroxyl groups is 1. The van der Waals surface area contributed by atoms with Crippen LogP contribution in [0.3, 0.4) is 0 Å². The molecule has 2 aromatic rings. The molecule has 1 saturated heterocycles. The Labute approximate surface area is 145 Å². The molecule has 1 heterocycles. The number of phenols is 1. The molecule has 0 aromatic heterocycles. The molecular formula is C19H21NO5. The summed E-state index contributed by atoms with van der Waals surface area (Å²) in [5.41, 5.74) is 0.0511. The largest absolute Gasteiger partial charge is 0.507 e. The predicted octanol–water partition coefficient (Wildman–Crippen LogP) is 2.34. The third-order valence-corrected chi connectivity index (χ3v) is 4.18. The van der Waals surface area contributed by atoms with Crippen molar-refractivity contribution in [3.8, 4) is 5.75 Å². The number of hydrogen-bond donors (Lipinski definition) is 1. The summed E-state index contributed by atoms with van der Waals surface area (Å²) in [4.78, 5) is 26.1. The lowest BCUT2D eigenvalue weighted by molar-refractivity contribution is -0.146. The van der Waals surface area contributed by atoms with Crippen LogP contribution in [0.4, 0.5) is 0 Å². The van der Waals surface area contributed by atoms with Crippen LogP contribution in [0.1, 0.15) is 24.2 Å². The van der Waals surface area contributed by atoms with Crippen LogP contribution in [-0.4, -0.2) is 53.8 Å². The molecular weight excluding hydrogens is 322 g/mol. The van der Waals surface area contributed by atoms with E-state index in [0.29, 0.717) is 13.1 Å². The molecule has 1 aliphatic rings. The summed E-state index contributed by atoms with van der Waals surface area (Å²) < 4.78 is 10.7. The van der Waals surface area contributed by atoms with E-state index in [1.807, 2.05) is 38.1 Å². The average Bonchev–Trinajstić information content (AvgIpc) is 2.57. The molecule has 0 saturated carbocycles. The lowest BCUT2D eigenvalue weighted by atomic mass is 10.1. The molecule has 132 valence electrons. The number of phenolic OH excluding ortho intramolecular Hbond substituents is 1. The van der Waals surface area contributed by atoms with Gasteiger partial charge in [-0.3, -0.25) is 4.79 Å². The van der Waals surface area contributed by atoms with Crippen LogP contribution >= 0.6 is 0 Å². The minimum absolute atomic E-state index is 0.0482. The zero-order valence-electron chi connectivity index (χ0n) is 14.3. The third kappa shape index (κ3) is 3.91. The minimum Gasteiger partial charge on any atom is -0.507 e. The second-order valence-corrected chi connectivity index (χ2v) is 6.35. The fourth-order valence-electron chi connectivity index (χ4n) is 3.07. The van der Waals surface area contributed by atoms with Crippen LogP contribution in [0.15, 0.2) is 36.4 Å². The first-order chi connectivity index (χ1) is 11.9. The summed E-state index contributed by atoms with van der Waals surface area (Å²) in [7, 11) is 0. The Morgan fingerprint density at radius 1 is 1.16 bits per heavy atom. The molecule has 2 atom stereocenters. The van der Waals surface area contributed by atoms with Gasteiger partial charge in [0.2, 0.25) is 0 Å². The van der Waals surface area contributed by atoms with Crippen molar-refractivity contribution in [3.63, 3.8) is 0 Å². The van der Waals surface area contributed by atoms with Crippen molar-refractivity contribution in [1.29, 1.82) is 0 Å². The van der Waals surface area contributed by atoms with Gasteiger partial charge in [0.05, 0.1) is 12.2 Å². The number of benzene rings is 2. The van der Waals surface area contributed by atoms with Gasteiger partial charge < -0.3 is 19.5 Å². The van der Waals surface area contributed by atoms with Crippen LogP contribution in [-0.2, 0) is 14.3 Å². The van der Waals surface area contributed by atoms with Crippen molar-refractivity contribution >= 4 is 22.6 Å². The van der Waals surface area contributed by atoms with E-state index in [-0.39, 0.29) is 36.0 Å². The first-order valence-corrected chi connectivity index (χ1v) is 8.26. The molecule has 0 radical (unpaired) electrons. The summed E-state index contributed by atoms with van der Waals surface area (Å²) in [6, 6.07) is 10.5. The van der Waals surface area contributed by atoms with Gasteiger partial charge in [-0.2, -0.15) is 0 Å². The van der Waals surface area contributed by atoms with Crippen molar-refractivity contribution in [3.05, 3.63) is 42.0 Å². The van der Waals surface area contributed by atoms with Gasteiger partial charge in [-0.05, 0) is 36.8 Å². The van der Waals surface area contributed by atoms with E-state index < -0.39 is 5.97 Å². The maximum absolute atomic E-state index is 12.3. The molecule has 1 aliphatic heterocycles. The fourth-order valence-corrected chi connectivity index (χ4v) is 3.07. The van der Waals surface area contributed by atoms with Crippen LogP contribution in [0.2, 0.25) is 0 Å². The number of hydrogen-bond acceptors (Lipinski definition) is 5. The highest BCUT2D eigenvalue weighted by atomic mass is 16.5. The highest BCUT2D eigenvalue weighted by Crippen LogP contribution is 2.25. The second kappa shape index (κ2) is 7.11. The Kier molecular flexibility index (Phi) is 4.90. The molecule has 2 aromatic carbocycles. The minimum atomic E-state index is -0.717. The number of rotatable bonds is 3. The van der Waals surface area contributed by atoms with E-state index in [9.17, 15) is 14.7 Å². The molecule has 6 heteroatoms. The molecule has 1 amide bonds. The Balaban J connectivity index is 1.66. The van der Waals surface area contributed by atoms with E-state index in [1.54, 1.807) is 11.0 Å². The molecule has 1 N–H and O–H groups in total. The smallest absolute Gasteiger partial charge is 0.342 e. The van der Waals surface area contributed by atoms with Gasteiger partial charge in [0.1, 0.15) is 11.3 Å². The Morgan fingerprint density at radius 2 is 1.76 bits per heavy atom. The number of morpholine rings is 1. The van der Waals surface area contributed by atoms with E-state index in [0.717, 1.165) is 10.8 Å². The summed E-state index contributed by atoms with van der Waals surface area (Å²) in [6.07, 6.45) is -0.0964. The Bertz CT molecular complexity index is 794. The summed E-state index contributed by atoms with van der Waals surface area (Å²) in [6.45, 7) is 4.39. The van der Waals surface area contributed by atoms with E-state index in [2.05, 4.69) is 0 Å². The fraction of sp³-hybridized carbons (Fsp3) is 0.368. The van der Waals surface area contributed by atoms with Gasteiger partial charge in [0.15, 0.2) is 6.61 Å². The highest BCUT2D eigenvalue weighted by Gasteiger charge is 2.26. The van der Waals surface area contributed by atoms with Gasteiger partial charge in [0.25, 0.3) is 5.91 Å². The van der Waals surface area contributed by atoms with Crippen LogP contribution in [0.5, 0.6) is 5.75 Å². The van der Waals surface area contributed by atoms with E-state index in [4.69, 9.17) is 9.47 Å². The van der Waals surface area contributed by atoms with Crippen molar-refractivity contribution < 1.29 is 24.2 Å². The number of fused-ring (bicyclic) bond motifs is 1. The first kappa shape index (κ1) is 17.2. The lowest BCUT2D eigenvalue weighted by Gasteiger charge is -2.35. The van der Waals surface area contributed by atoms with Gasteiger partial charge in [-0.25, -0.2) is 4.79 Å². The van der Waals surface area contributed by atoms with Gasteiger partial charge >= 0.3 is 5.97 Å². The monoisotopic (exact) mass is 343 g/mol. The first-order valence-electron chi connectivity index (χ1n) is 8.26. The Morgan fingerprint density at radius 3 is 2.40 bits per heavy atom. The van der Waals surface area contributed by atoms with Crippen molar-refractivity contribution in [2.24, 2.45) is 0 Å². The molecule has 3 rings (SSSR count). The summed E-state index contributed by atoms with van der Waals surface area (Å²) in [5.74, 6) is -1.15. The highest BCUT2D eigenvalue weighted by molar-refractivity contribution is 5.99. The summed E-state index contributed by atoms with van der Waals surface area (Å²) in [5, 5.41) is 11.7. The van der Waals surface area contributed by atoms with Crippen LogP contribution < -0.4 is 0 Å². The number of nitrogens with zero attached hydrogens (tertiary/aromatic N) is 1. The van der Waals surface area contributed by atoms with Gasteiger partial charge in [-0.1, -0.05) is 24.3 Å². The molecule has 0 unspecified atom stereocenters. The topological polar surface area (TPSA) is 76.1 Å². The number of amides is 1. The number of ether oxygens (including phenoxy) is 2. The molecule has 1 fully saturated rings. The number of carbonyl (C=O) groups excluding carboxylic acids is 2. The average molecular weight is 343 g/mol.